The van der Waals surface area contributed by atoms with Gasteiger partial charge < -0.3 is 15.8 Å². The fraction of sp³-hybridized carbons (Fsp3) is 0.385. The van der Waals surface area contributed by atoms with Crippen molar-refractivity contribution < 1.29 is 13.5 Å². The second-order valence-electron chi connectivity index (χ2n) is 5.21. The van der Waals surface area contributed by atoms with Crippen molar-refractivity contribution in [3.05, 3.63) is 24.4 Å². The number of nitrogens with one attached hydrogen (secondary N) is 2. The van der Waals surface area contributed by atoms with Crippen molar-refractivity contribution in [1.82, 2.24) is 9.71 Å². The molecular formula is C13H17N3O3S. The Labute approximate surface area is 117 Å². The van der Waals surface area contributed by atoms with Crippen molar-refractivity contribution in [1.29, 1.82) is 0 Å². The van der Waals surface area contributed by atoms with Crippen molar-refractivity contribution in [3.8, 4) is 0 Å². The molecule has 1 atom stereocenters. The molecule has 1 fully saturated rings. The van der Waals surface area contributed by atoms with Gasteiger partial charge in [0.05, 0.1) is 6.10 Å². The Morgan fingerprint density at radius 3 is 2.90 bits per heavy atom. The molecule has 1 saturated carbocycles. The predicted octanol–water partition coefficient (Wildman–Crippen LogP) is 0.799. The van der Waals surface area contributed by atoms with Gasteiger partial charge in [-0.05, 0) is 37.0 Å². The molecule has 20 heavy (non-hydrogen) atoms. The summed E-state index contributed by atoms with van der Waals surface area (Å²) in [5.41, 5.74) is 6.91. The number of fused-ring (bicyclic) bond motifs is 1. The highest BCUT2D eigenvalue weighted by Crippen LogP contribution is 2.32. The number of nitrogens with two attached hydrogens (primary N) is 1. The molecule has 0 bridgehead atoms. The molecule has 1 aliphatic rings. The standard InChI is InChI=1S/C13H17N3O3S/c14-9-3-4-11-10(5-9)13(7-15-11)20(18,19)16-6-12(17)8-1-2-8/h3-5,7-8,12,15-17H,1-2,6,14H2. The van der Waals surface area contributed by atoms with Gasteiger partial charge in [-0.25, -0.2) is 13.1 Å². The van der Waals surface area contributed by atoms with Crippen molar-refractivity contribution in [2.75, 3.05) is 12.3 Å². The molecule has 1 aliphatic carbocycles. The molecule has 1 heterocycles. The zero-order valence-corrected chi connectivity index (χ0v) is 11.7. The van der Waals surface area contributed by atoms with Crippen LogP contribution in [0.3, 0.4) is 0 Å². The van der Waals surface area contributed by atoms with Crippen molar-refractivity contribution in [3.63, 3.8) is 0 Å². The largest absolute Gasteiger partial charge is 0.399 e. The first kappa shape index (κ1) is 13.4. The van der Waals surface area contributed by atoms with Crippen LogP contribution < -0.4 is 10.5 Å². The van der Waals surface area contributed by atoms with Crippen LogP contribution in [0.4, 0.5) is 5.69 Å². The number of anilines is 1. The Balaban J connectivity index is 1.86. The van der Waals surface area contributed by atoms with Gasteiger partial charge in [0.2, 0.25) is 10.0 Å². The summed E-state index contributed by atoms with van der Waals surface area (Å²) in [5, 5.41) is 10.3. The Kier molecular flexibility index (Phi) is 3.19. The second kappa shape index (κ2) is 4.76. The van der Waals surface area contributed by atoms with Crippen molar-refractivity contribution >= 4 is 26.6 Å². The molecular weight excluding hydrogens is 278 g/mol. The number of H-pyrrole nitrogens is 1. The number of sulfonamides is 1. The summed E-state index contributed by atoms with van der Waals surface area (Å²) in [4.78, 5) is 3.06. The van der Waals surface area contributed by atoms with Crippen LogP contribution in [0.2, 0.25) is 0 Å². The average Bonchev–Trinajstić information content (AvgIpc) is 3.16. The first-order valence-corrected chi connectivity index (χ1v) is 8.00. The highest BCUT2D eigenvalue weighted by molar-refractivity contribution is 7.89. The molecule has 1 aromatic heterocycles. The number of hydrogen-bond acceptors (Lipinski definition) is 4. The van der Waals surface area contributed by atoms with Gasteiger partial charge in [-0.1, -0.05) is 0 Å². The summed E-state index contributed by atoms with van der Waals surface area (Å²) in [6, 6.07) is 5.07. The van der Waals surface area contributed by atoms with Crippen molar-refractivity contribution in [2.45, 2.75) is 23.8 Å². The number of aromatic amines is 1. The topological polar surface area (TPSA) is 108 Å². The van der Waals surface area contributed by atoms with Crippen molar-refractivity contribution in [2.24, 2.45) is 5.92 Å². The third-order valence-corrected chi connectivity index (χ3v) is 5.07. The van der Waals surface area contributed by atoms with E-state index >= 15 is 0 Å². The van der Waals surface area contributed by atoms with Crippen LogP contribution in [0.15, 0.2) is 29.3 Å². The summed E-state index contributed by atoms with van der Waals surface area (Å²) >= 11 is 0. The van der Waals surface area contributed by atoms with Gasteiger partial charge in [0.25, 0.3) is 0 Å². The van der Waals surface area contributed by atoms with E-state index in [4.69, 9.17) is 5.73 Å². The minimum Gasteiger partial charge on any atom is -0.399 e. The predicted molar refractivity (Wildman–Crippen MR) is 76.6 cm³/mol. The zero-order valence-electron chi connectivity index (χ0n) is 10.8. The first-order chi connectivity index (χ1) is 9.47. The smallest absolute Gasteiger partial charge is 0.242 e. The maximum Gasteiger partial charge on any atom is 0.242 e. The third-order valence-electron chi connectivity index (χ3n) is 3.61. The third kappa shape index (κ3) is 2.52. The lowest BCUT2D eigenvalue weighted by Gasteiger charge is -2.10. The quantitative estimate of drug-likeness (QED) is 0.612. The first-order valence-electron chi connectivity index (χ1n) is 6.52. The summed E-state index contributed by atoms with van der Waals surface area (Å²) in [7, 11) is -3.66. The molecule has 0 spiro atoms. The molecule has 0 radical (unpaired) electrons. The molecule has 0 amide bonds. The number of hydrogen-bond donors (Lipinski definition) is 4. The minimum atomic E-state index is -3.66. The van der Waals surface area contributed by atoms with Crippen LogP contribution in [0.1, 0.15) is 12.8 Å². The van der Waals surface area contributed by atoms with Gasteiger partial charge >= 0.3 is 0 Å². The average molecular weight is 295 g/mol. The maximum absolute atomic E-state index is 12.3. The highest BCUT2D eigenvalue weighted by Gasteiger charge is 2.31. The molecule has 6 nitrogen and oxygen atoms in total. The maximum atomic E-state index is 12.3. The van der Waals surface area contributed by atoms with Crippen LogP contribution in [0.25, 0.3) is 10.9 Å². The summed E-state index contributed by atoms with van der Waals surface area (Å²) in [6.45, 7) is 0.0436. The minimum absolute atomic E-state index is 0.0436. The summed E-state index contributed by atoms with van der Waals surface area (Å²) in [5.74, 6) is 0.233. The van der Waals surface area contributed by atoms with Gasteiger partial charge in [-0.15, -0.1) is 0 Å². The lowest BCUT2D eigenvalue weighted by molar-refractivity contribution is 0.155. The van der Waals surface area contributed by atoms with Crippen LogP contribution >= 0.6 is 0 Å². The number of nitrogen functional groups attached to an aromatic ring is 1. The van der Waals surface area contributed by atoms with Crippen LogP contribution in [-0.4, -0.2) is 31.2 Å². The zero-order chi connectivity index (χ0) is 14.3. The second-order valence-corrected chi connectivity index (χ2v) is 6.95. The number of rotatable bonds is 5. The Morgan fingerprint density at radius 1 is 1.45 bits per heavy atom. The lowest BCUT2D eigenvalue weighted by Crippen LogP contribution is -2.33. The van der Waals surface area contributed by atoms with Crippen LogP contribution in [0.5, 0.6) is 0 Å². The van der Waals surface area contributed by atoms with E-state index in [9.17, 15) is 13.5 Å². The normalized spacial score (nSPS) is 17.4. The number of aliphatic hydroxyl groups excluding tert-OH is 1. The molecule has 2 aromatic rings. The fourth-order valence-electron chi connectivity index (χ4n) is 2.26. The van der Waals surface area contributed by atoms with Gasteiger partial charge in [-0.3, -0.25) is 0 Å². The SMILES string of the molecule is Nc1ccc2[nH]cc(S(=O)(=O)NCC(O)C3CC3)c2c1. The van der Waals surface area contributed by atoms with E-state index in [-0.39, 0.29) is 17.4 Å². The van der Waals surface area contributed by atoms with E-state index in [2.05, 4.69) is 9.71 Å². The number of benzene rings is 1. The van der Waals surface area contributed by atoms with E-state index < -0.39 is 16.1 Å². The monoisotopic (exact) mass is 295 g/mol. The van der Waals surface area contributed by atoms with E-state index in [0.717, 1.165) is 12.8 Å². The van der Waals surface area contributed by atoms with Crippen LogP contribution in [0, 0.1) is 5.92 Å². The molecule has 0 aliphatic heterocycles. The Morgan fingerprint density at radius 2 is 2.20 bits per heavy atom. The number of aromatic nitrogens is 1. The molecule has 5 N–H and O–H groups in total. The van der Waals surface area contributed by atoms with Crippen LogP contribution in [-0.2, 0) is 10.0 Å². The van der Waals surface area contributed by atoms with Gasteiger partial charge in [0.1, 0.15) is 4.90 Å². The summed E-state index contributed by atoms with van der Waals surface area (Å²) < 4.78 is 27.0. The van der Waals surface area contributed by atoms with E-state index in [1.807, 2.05) is 0 Å². The Bertz CT molecular complexity index is 734. The van der Waals surface area contributed by atoms with E-state index in [0.29, 0.717) is 16.6 Å². The van der Waals surface area contributed by atoms with Gasteiger partial charge in [-0.2, -0.15) is 0 Å². The highest BCUT2D eigenvalue weighted by atomic mass is 32.2. The molecule has 0 saturated heterocycles. The van der Waals surface area contributed by atoms with E-state index in [1.165, 1.54) is 6.20 Å². The molecule has 3 rings (SSSR count). The molecule has 108 valence electrons. The lowest BCUT2D eigenvalue weighted by atomic mass is 10.2. The Hall–Kier alpha value is -1.57. The molecule has 7 heteroatoms. The van der Waals surface area contributed by atoms with Gasteiger partial charge in [0, 0.05) is 29.3 Å². The molecule has 1 aromatic carbocycles. The van der Waals surface area contributed by atoms with Gasteiger partial charge in [0.15, 0.2) is 0 Å². The number of aliphatic hydroxyl groups is 1. The molecule has 1 unspecified atom stereocenters. The fourth-order valence-corrected chi connectivity index (χ4v) is 3.47. The summed E-state index contributed by atoms with van der Waals surface area (Å²) in [6.07, 6.45) is 2.76. The van der Waals surface area contributed by atoms with E-state index in [1.54, 1.807) is 18.2 Å².